The molecule has 0 unspecified atom stereocenters. The smallest absolute Gasteiger partial charge is 0.164 e. The first-order valence-corrected chi connectivity index (χ1v) is 25.5. The number of rotatable bonds is 11. The van der Waals surface area contributed by atoms with Gasteiger partial charge in [0.05, 0.1) is 16.9 Å². The Morgan fingerprint density at radius 2 is 0.824 bits per heavy atom. The van der Waals surface area contributed by atoms with Gasteiger partial charge in [-0.05, 0) is 108 Å². The zero-order chi connectivity index (χ0) is 50.7. The monoisotopic (exact) mass is 960 g/mol. The summed E-state index contributed by atoms with van der Waals surface area (Å²) in [6.45, 7) is 18.3. The minimum absolute atomic E-state index is 0.0886. The average Bonchev–Trinajstić information content (AvgIpc) is 4.02. The molecule has 0 aliphatic rings. The predicted octanol–water partition coefficient (Wildman–Crippen LogP) is 18.6. The van der Waals surface area contributed by atoms with Gasteiger partial charge in [-0.15, -0.1) is 6.58 Å². The SMILES string of the molecule is C=CC(C)(C)N(c1c(CC)cc(C(C)(C)C)cc1-c1ccccc1)c1c(-c2ccccc2)cc(-c2nc(-c3ccc4c(c3)oc3ccccc34)nc(-c3ccc4c(c3)oc3ccccc34)n2)cc1-c1ccccc1. The minimum Gasteiger partial charge on any atom is -0.456 e. The molecule has 0 fully saturated rings. The van der Waals surface area contributed by atoms with Gasteiger partial charge in [-0.2, -0.15) is 0 Å². The lowest BCUT2D eigenvalue weighted by Crippen LogP contribution is -2.40. The summed E-state index contributed by atoms with van der Waals surface area (Å²) in [5.74, 6) is 1.58. The zero-order valence-electron chi connectivity index (χ0n) is 42.6. The average molecular weight is 961 g/mol. The van der Waals surface area contributed by atoms with E-state index in [0.29, 0.717) is 17.5 Å². The summed E-state index contributed by atoms with van der Waals surface area (Å²) in [6, 6.07) is 70.4. The molecule has 0 aliphatic carbocycles. The lowest BCUT2D eigenvalue weighted by atomic mass is 9.81. The van der Waals surface area contributed by atoms with E-state index in [0.717, 1.165) is 106 Å². The van der Waals surface area contributed by atoms with E-state index in [4.69, 9.17) is 23.8 Å². The summed E-state index contributed by atoms with van der Waals surface area (Å²) in [7, 11) is 0. The molecular formula is C68H56N4O2. The number of para-hydroxylation sites is 2. The zero-order valence-corrected chi connectivity index (χ0v) is 42.6. The maximum absolute atomic E-state index is 6.44. The van der Waals surface area contributed by atoms with Crippen LogP contribution in [0.2, 0.25) is 0 Å². The Morgan fingerprint density at radius 1 is 0.419 bits per heavy atom. The fourth-order valence-electron chi connectivity index (χ4n) is 10.5. The Bertz CT molecular complexity index is 3900. The third-order valence-electron chi connectivity index (χ3n) is 14.5. The number of anilines is 2. The molecule has 0 atom stereocenters. The summed E-state index contributed by atoms with van der Waals surface area (Å²) in [6.07, 6.45) is 2.90. The summed E-state index contributed by atoms with van der Waals surface area (Å²) in [5.41, 5.74) is 16.2. The second-order valence-corrected chi connectivity index (χ2v) is 20.8. The van der Waals surface area contributed by atoms with E-state index in [9.17, 15) is 0 Å². The van der Waals surface area contributed by atoms with Gasteiger partial charge in [-0.25, -0.2) is 15.0 Å². The van der Waals surface area contributed by atoms with Crippen molar-refractivity contribution >= 4 is 55.3 Å². The number of hydrogen-bond acceptors (Lipinski definition) is 6. The minimum atomic E-state index is -0.608. The fraction of sp³-hybridized carbons (Fsp3) is 0.132. The van der Waals surface area contributed by atoms with Gasteiger partial charge in [0.25, 0.3) is 0 Å². The molecule has 9 aromatic carbocycles. The van der Waals surface area contributed by atoms with Crippen molar-refractivity contribution in [3.63, 3.8) is 0 Å². The van der Waals surface area contributed by atoms with Crippen LogP contribution in [0, 0.1) is 0 Å². The first-order valence-electron chi connectivity index (χ1n) is 25.5. The van der Waals surface area contributed by atoms with E-state index in [1.807, 2.05) is 48.5 Å². The molecule has 0 saturated carbocycles. The predicted molar refractivity (Wildman–Crippen MR) is 308 cm³/mol. The molecular weight excluding hydrogens is 905 g/mol. The van der Waals surface area contributed by atoms with Crippen molar-refractivity contribution in [3.8, 4) is 67.5 Å². The quantitative estimate of drug-likeness (QED) is 0.120. The van der Waals surface area contributed by atoms with Gasteiger partial charge in [-0.1, -0.05) is 179 Å². The first kappa shape index (κ1) is 46.2. The van der Waals surface area contributed by atoms with Gasteiger partial charge >= 0.3 is 0 Å². The molecule has 0 amide bonds. The second-order valence-electron chi connectivity index (χ2n) is 20.8. The number of benzene rings is 9. The molecule has 74 heavy (non-hydrogen) atoms. The van der Waals surface area contributed by atoms with Crippen LogP contribution in [-0.2, 0) is 11.8 Å². The van der Waals surface area contributed by atoms with Crippen molar-refractivity contribution in [1.82, 2.24) is 15.0 Å². The largest absolute Gasteiger partial charge is 0.456 e. The van der Waals surface area contributed by atoms with Crippen LogP contribution >= 0.6 is 0 Å². The van der Waals surface area contributed by atoms with Crippen LogP contribution in [0.3, 0.4) is 0 Å². The normalized spacial score (nSPS) is 12.0. The van der Waals surface area contributed by atoms with Gasteiger partial charge in [0.2, 0.25) is 0 Å². The molecule has 0 saturated heterocycles. The van der Waals surface area contributed by atoms with Crippen molar-refractivity contribution in [2.75, 3.05) is 4.90 Å². The van der Waals surface area contributed by atoms with Crippen molar-refractivity contribution in [1.29, 1.82) is 0 Å². The molecule has 6 heteroatoms. The second kappa shape index (κ2) is 18.3. The third kappa shape index (κ3) is 8.22. The lowest BCUT2D eigenvalue weighted by molar-refractivity contribution is 0.588. The van der Waals surface area contributed by atoms with Crippen LogP contribution < -0.4 is 4.90 Å². The molecule has 0 aliphatic heterocycles. The van der Waals surface area contributed by atoms with Crippen LogP contribution in [0.1, 0.15) is 52.7 Å². The first-order chi connectivity index (χ1) is 36.0. The Morgan fingerprint density at radius 3 is 1.26 bits per heavy atom. The highest BCUT2D eigenvalue weighted by atomic mass is 16.3. The summed E-state index contributed by atoms with van der Waals surface area (Å²) in [5, 5.41) is 4.19. The molecule has 0 bridgehead atoms. The highest BCUT2D eigenvalue weighted by Gasteiger charge is 2.35. The Balaban J connectivity index is 1.16. The number of hydrogen-bond donors (Lipinski definition) is 0. The topological polar surface area (TPSA) is 68.2 Å². The van der Waals surface area contributed by atoms with Crippen LogP contribution in [0.4, 0.5) is 11.4 Å². The number of aromatic nitrogens is 3. The van der Waals surface area contributed by atoms with E-state index >= 15 is 0 Å². The van der Waals surface area contributed by atoms with Crippen molar-refractivity contribution in [3.05, 3.63) is 224 Å². The molecule has 0 radical (unpaired) electrons. The van der Waals surface area contributed by atoms with Crippen LogP contribution in [0.5, 0.6) is 0 Å². The van der Waals surface area contributed by atoms with Gasteiger partial charge in [0.15, 0.2) is 17.5 Å². The van der Waals surface area contributed by atoms with Crippen LogP contribution in [0.25, 0.3) is 111 Å². The molecule has 6 nitrogen and oxygen atoms in total. The Kier molecular flexibility index (Phi) is 11.4. The fourth-order valence-corrected chi connectivity index (χ4v) is 10.5. The van der Waals surface area contributed by atoms with Crippen molar-refractivity contribution in [2.24, 2.45) is 0 Å². The molecule has 3 heterocycles. The summed E-state index contributed by atoms with van der Waals surface area (Å²) in [4.78, 5) is 18.7. The summed E-state index contributed by atoms with van der Waals surface area (Å²) < 4.78 is 12.9. The molecule has 360 valence electrons. The number of aryl methyl sites for hydroxylation is 1. The number of fused-ring (bicyclic) bond motifs is 6. The Labute approximate surface area is 432 Å². The Hall–Kier alpha value is -8.87. The van der Waals surface area contributed by atoms with Crippen molar-refractivity contribution in [2.45, 2.75) is 58.9 Å². The van der Waals surface area contributed by atoms with E-state index in [-0.39, 0.29) is 5.41 Å². The standard InChI is InChI=1S/C68H56N4O2/c1-8-43-37-50(67(3,4)5)42-57(46-27-17-12-18-28-46)62(43)72(68(6,7)9-2)63-55(44-23-13-10-14-24-44)38-49(39-56(63)45-25-15-11-16-26-45)66-70-64(47-33-35-53-51-29-19-21-31-58(51)73-60(53)40-47)69-65(71-66)48-34-36-54-52-30-20-22-32-59(52)74-61(54)41-48/h9-42H,2,8H2,1,3-7H3. The van der Waals surface area contributed by atoms with Gasteiger partial charge < -0.3 is 13.7 Å². The molecule has 12 aromatic rings. The van der Waals surface area contributed by atoms with E-state index < -0.39 is 5.54 Å². The van der Waals surface area contributed by atoms with Gasteiger partial charge in [0.1, 0.15) is 22.3 Å². The molecule has 0 N–H and O–H groups in total. The maximum atomic E-state index is 6.44. The third-order valence-corrected chi connectivity index (χ3v) is 14.5. The molecule has 3 aromatic heterocycles. The molecule has 0 spiro atoms. The van der Waals surface area contributed by atoms with Crippen LogP contribution in [0.15, 0.2) is 222 Å². The van der Waals surface area contributed by atoms with E-state index in [1.165, 1.54) is 16.7 Å². The molecule has 12 rings (SSSR count). The van der Waals surface area contributed by atoms with Crippen molar-refractivity contribution < 1.29 is 8.83 Å². The van der Waals surface area contributed by atoms with Gasteiger partial charge in [0, 0.05) is 54.9 Å². The number of furan rings is 2. The number of nitrogens with zero attached hydrogens (tertiary/aromatic N) is 4. The lowest BCUT2D eigenvalue weighted by Gasteiger charge is -2.43. The highest BCUT2D eigenvalue weighted by molar-refractivity contribution is 6.07. The van der Waals surface area contributed by atoms with Gasteiger partial charge in [-0.3, -0.25) is 0 Å². The van der Waals surface area contributed by atoms with E-state index in [1.54, 1.807) is 0 Å². The van der Waals surface area contributed by atoms with E-state index in [2.05, 4.69) is 211 Å². The maximum Gasteiger partial charge on any atom is 0.164 e. The highest BCUT2D eigenvalue weighted by Crippen LogP contribution is 2.52. The summed E-state index contributed by atoms with van der Waals surface area (Å²) >= 11 is 0. The van der Waals surface area contributed by atoms with Crippen LogP contribution in [-0.4, -0.2) is 20.5 Å².